The van der Waals surface area contributed by atoms with Crippen LogP contribution < -0.4 is 10.1 Å². The average Bonchev–Trinajstić information content (AvgIpc) is 2.34. The molecule has 16 heavy (non-hydrogen) atoms. The number of ether oxygens (including phenoxy) is 1. The van der Waals surface area contributed by atoms with Crippen molar-refractivity contribution in [3.63, 3.8) is 0 Å². The molecule has 2 nitrogen and oxygen atoms in total. The molecule has 90 valence electrons. The van der Waals surface area contributed by atoms with E-state index >= 15 is 0 Å². The first-order valence-corrected chi connectivity index (χ1v) is 6.30. The van der Waals surface area contributed by atoms with Gasteiger partial charge in [-0.25, -0.2) is 0 Å². The Kier molecular flexibility index (Phi) is 7.02. The van der Waals surface area contributed by atoms with Gasteiger partial charge >= 0.3 is 0 Å². The van der Waals surface area contributed by atoms with E-state index in [2.05, 4.69) is 17.4 Å². The van der Waals surface area contributed by atoms with E-state index in [1.807, 2.05) is 12.1 Å². The molecule has 0 spiro atoms. The maximum absolute atomic E-state index is 5.60. The van der Waals surface area contributed by atoms with Crippen molar-refractivity contribution in [3.05, 3.63) is 29.8 Å². The molecule has 1 N–H and O–H groups in total. The first-order valence-electron chi connectivity index (χ1n) is 5.76. The van der Waals surface area contributed by atoms with Crippen molar-refractivity contribution in [3.8, 4) is 5.75 Å². The summed E-state index contributed by atoms with van der Waals surface area (Å²) in [5.41, 5.74) is 1.34. The van der Waals surface area contributed by atoms with Crippen LogP contribution in [-0.4, -0.2) is 26.1 Å². The second-order valence-corrected chi connectivity index (χ2v) is 4.12. The van der Waals surface area contributed by atoms with Crippen molar-refractivity contribution in [2.24, 2.45) is 0 Å². The van der Waals surface area contributed by atoms with Gasteiger partial charge < -0.3 is 10.1 Å². The largest absolute Gasteiger partial charge is 0.497 e. The molecule has 1 rings (SSSR count). The summed E-state index contributed by atoms with van der Waals surface area (Å²) >= 11 is 5.60. The van der Waals surface area contributed by atoms with Crippen LogP contribution >= 0.6 is 11.6 Å². The van der Waals surface area contributed by atoms with E-state index in [-0.39, 0.29) is 0 Å². The fraction of sp³-hybridized carbons (Fsp3) is 0.538. The van der Waals surface area contributed by atoms with E-state index in [4.69, 9.17) is 16.3 Å². The summed E-state index contributed by atoms with van der Waals surface area (Å²) < 4.78 is 5.11. The van der Waals surface area contributed by atoms with Gasteiger partial charge in [-0.15, -0.1) is 11.6 Å². The smallest absolute Gasteiger partial charge is 0.118 e. The summed E-state index contributed by atoms with van der Waals surface area (Å²) in [5, 5.41) is 3.41. The number of methoxy groups -OCH3 is 1. The number of hydrogen-bond acceptors (Lipinski definition) is 2. The van der Waals surface area contributed by atoms with Crippen LogP contribution in [-0.2, 0) is 6.42 Å². The number of unbranched alkanes of at least 4 members (excludes halogenated alkanes) is 1. The van der Waals surface area contributed by atoms with Crippen LogP contribution in [0.25, 0.3) is 0 Å². The molecule has 0 bridgehead atoms. The summed E-state index contributed by atoms with van der Waals surface area (Å²) in [7, 11) is 1.69. The monoisotopic (exact) mass is 241 g/mol. The van der Waals surface area contributed by atoms with E-state index in [0.717, 1.165) is 44.0 Å². The van der Waals surface area contributed by atoms with Gasteiger partial charge in [0.25, 0.3) is 0 Å². The summed E-state index contributed by atoms with van der Waals surface area (Å²) in [6, 6.07) is 8.23. The minimum atomic E-state index is 0.764. The lowest BCUT2D eigenvalue weighted by molar-refractivity contribution is 0.414. The minimum absolute atomic E-state index is 0.764. The Bertz CT molecular complexity index is 274. The zero-order valence-electron chi connectivity index (χ0n) is 9.84. The maximum atomic E-state index is 5.60. The van der Waals surface area contributed by atoms with Gasteiger partial charge in [0, 0.05) is 5.88 Å². The highest BCUT2D eigenvalue weighted by Gasteiger charge is 1.94. The Hall–Kier alpha value is -0.730. The third-order valence-electron chi connectivity index (χ3n) is 2.49. The van der Waals surface area contributed by atoms with E-state index in [1.54, 1.807) is 7.11 Å². The Morgan fingerprint density at radius 1 is 1.12 bits per heavy atom. The lowest BCUT2D eigenvalue weighted by Crippen LogP contribution is -2.18. The van der Waals surface area contributed by atoms with Crippen LogP contribution in [0.15, 0.2) is 24.3 Å². The molecule has 0 saturated heterocycles. The van der Waals surface area contributed by atoms with Crippen molar-refractivity contribution in [1.29, 1.82) is 0 Å². The molecule has 1 aromatic rings. The minimum Gasteiger partial charge on any atom is -0.497 e. The predicted molar refractivity (Wildman–Crippen MR) is 69.5 cm³/mol. The van der Waals surface area contributed by atoms with Crippen molar-refractivity contribution in [2.45, 2.75) is 19.3 Å². The number of rotatable bonds is 8. The average molecular weight is 242 g/mol. The SMILES string of the molecule is COc1ccc(CCNCCCCCl)cc1. The molecule has 0 fully saturated rings. The molecule has 0 atom stereocenters. The second-order valence-electron chi connectivity index (χ2n) is 3.74. The third-order valence-corrected chi connectivity index (χ3v) is 2.75. The summed E-state index contributed by atoms with van der Waals surface area (Å²) in [6.07, 6.45) is 3.31. The molecule has 0 heterocycles. The Morgan fingerprint density at radius 2 is 1.88 bits per heavy atom. The molecule has 0 amide bonds. The fourth-order valence-corrected chi connectivity index (χ4v) is 1.68. The van der Waals surface area contributed by atoms with Crippen LogP contribution in [0.2, 0.25) is 0 Å². The van der Waals surface area contributed by atoms with Gasteiger partial charge in [-0.2, -0.15) is 0 Å². The molecule has 0 aliphatic heterocycles. The van der Waals surface area contributed by atoms with Gasteiger partial charge in [-0.05, 0) is 50.0 Å². The lowest BCUT2D eigenvalue weighted by Gasteiger charge is -2.05. The molecular formula is C13H20ClNO. The molecule has 0 aliphatic rings. The van der Waals surface area contributed by atoms with Crippen molar-refractivity contribution >= 4 is 11.6 Å². The van der Waals surface area contributed by atoms with E-state index in [1.165, 1.54) is 5.56 Å². The van der Waals surface area contributed by atoms with Crippen LogP contribution in [0.1, 0.15) is 18.4 Å². The van der Waals surface area contributed by atoms with Gasteiger partial charge in [-0.3, -0.25) is 0 Å². The third kappa shape index (κ3) is 5.38. The van der Waals surface area contributed by atoms with Crippen LogP contribution in [0, 0.1) is 0 Å². The van der Waals surface area contributed by atoms with Crippen molar-refractivity contribution in [2.75, 3.05) is 26.1 Å². The number of halogens is 1. The van der Waals surface area contributed by atoms with Gasteiger partial charge in [0.05, 0.1) is 7.11 Å². The molecular weight excluding hydrogens is 222 g/mol. The number of alkyl halides is 1. The molecule has 0 aromatic heterocycles. The first kappa shape index (κ1) is 13.3. The van der Waals surface area contributed by atoms with Crippen LogP contribution in [0.4, 0.5) is 0 Å². The van der Waals surface area contributed by atoms with E-state index in [9.17, 15) is 0 Å². The van der Waals surface area contributed by atoms with E-state index < -0.39 is 0 Å². The van der Waals surface area contributed by atoms with Gasteiger partial charge in [0.15, 0.2) is 0 Å². The van der Waals surface area contributed by atoms with Gasteiger partial charge in [-0.1, -0.05) is 12.1 Å². The fourth-order valence-electron chi connectivity index (χ4n) is 1.49. The topological polar surface area (TPSA) is 21.3 Å². The molecule has 0 radical (unpaired) electrons. The standard InChI is InChI=1S/C13H20ClNO/c1-16-13-6-4-12(5-7-13)8-11-15-10-3-2-9-14/h4-7,15H,2-3,8-11H2,1H3. The van der Waals surface area contributed by atoms with Crippen molar-refractivity contribution < 1.29 is 4.74 Å². The quantitative estimate of drug-likeness (QED) is 0.558. The van der Waals surface area contributed by atoms with E-state index in [0.29, 0.717) is 0 Å². The highest BCUT2D eigenvalue weighted by molar-refractivity contribution is 6.17. The maximum Gasteiger partial charge on any atom is 0.118 e. The molecule has 0 aliphatic carbocycles. The zero-order valence-corrected chi connectivity index (χ0v) is 10.6. The Morgan fingerprint density at radius 3 is 2.50 bits per heavy atom. The zero-order chi connectivity index (χ0) is 11.6. The number of nitrogens with one attached hydrogen (secondary N) is 1. The summed E-state index contributed by atoms with van der Waals surface area (Å²) in [4.78, 5) is 0. The summed E-state index contributed by atoms with van der Waals surface area (Å²) in [6.45, 7) is 2.08. The number of hydrogen-bond donors (Lipinski definition) is 1. The first-order chi connectivity index (χ1) is 7.86. The van der Waals surface area contributed by atoms with Crippen LogP contribution in [0.3, 0.4) is 0 Å². The van der Waals surface area contributed by atoms with Crippen molar-refractivity contribution in [1.82, 2.24) is 5.32 Å². The molecule has 0 unspecified atom stereocenters. The normalized spacial score (nSPS) is 10.4. The molecule has 0 saturated carbocycles. The van der Waals surface area contributed by atoms with Gasteiger partial charge in [0.2, 0.25) is 0 Å². The highest BCUT2D eigenvalue weighted by atomic mass is 35.5. The Labute approximate surface area is 103 Å². The Balaban J connectivity index is 2.12. The highest BCUT2D eigenvalue weighted by Crippen LogP contribution is 2.11. The second kappa shape index (κ2) is 8.43. The predicted octanol–water partition coefficient (Wildman–Crippen LogP) is 2.85. The number of benzene rings is 1. The molecule has 1 aromatic carbocycles. The molecule has 3 heteroatoms. The van der Waals surface area contributed by atoms with Crippen LogP contribution in [0.5, 0.6) is 5.75 Å². The summed E-state index contributed by atoms with van der Waals surface area (Å²) in [5.74, 6) is 1.68. The lowest BCUT2D eigenvalue weighted by atomic mass is 10.1. The van der Waals surface area contributed by atoms with Gasteiger partial charge in [0.1, 0.15) is 5.75 Å².